The van der Waals surface area contributed by atoms with E-state index in [-0.39, 0.29) is 29.1 Å². The lowest BCUT2D eigenvalue weighted by molar-refractivity contribution is -0.192. The quantitative estimate of drug-likeness (QED) is 0.151. The normalized spacial score (nSPS) is 21.0. The number of carbonyl (C=O) groups excluding carboxylic acids is 1. The number of piperidine rings is 1. The fourth-order valence-corrected chi connectivity index (χ4v) is 8.78. The van der Waals surface area contributed by atoms with Crippen LogP contribution >= 0.6 is 0 Å². The molecule has 1 aliphatic carbocycles. The van der Waals surface area contributed by atoms with Gasteiger partial charge in [-0.15, -0.1) is 0 Å². The molecule has 4 N–H and O–H groups in total. The molecule has 0 aromatic heterocycles. The predicted molar refractivity (Wildman–Crippen MR) is 191 cm³/mol. The first-order chi connectivity index (χ1) is 25.5. The Bertz CT molecular complexity index is 2060. The van der Waals surface area contributed by atoms with E-state index in [1.54, 1.807) is 30.3 Å². The van der Waals surface area contributed by atoms with Crippen LogP contribution in [-0.4, -0.2) is 66.7 Å². The number of sulfonamides is 1. The van der Waals surface area contributed by atoms with Gasteiger partial charge in [0.2, 0.25) is 15.9 Å². The van der Waals surface area contributed by atoms with Crippen molar-refractivity contribution in [1.29, 1.82) is 0 Å². The molecule has 9 nitrogen and oxygen atoms in total. The Morgan fingerprint density at radius 3 is 1.94 bits per heavy atom. The summed E-state index contributed by atoms with van der Waals surface area (Å²) in [5, 5.41) is 8.50. The number of fused-ring (bicyclic) bond motifs is 3. The van der Waals surface area contributed by atoms with Gasteiger partial charge in [0.25, 0.3) is 5.92 Å². The van der Waals surface area contributed by atoms with Gasteiger partial charge in [-0.2, -0.15) is 26.7 Å². The van der Waals surface area contributed by atoms with E-state index in [9.17, 15) is 26.4 Å². The van der Waals surface area contributed by atoms with E-state index in [4.69, 9.17) is 20.4 Å². The standard InChI is InChI=1S/C37H39F2N3O4S.C2HF3O2/c38-37(39,28-14-10-25(11-15-28)24-6-2-1-3-7-24)35(36(43)42-30-16-17-31(42)23-29(40)22-30)41-47(44,45)34-19-13-26-20-33(18-12-27(26)21-34)46-32-8-4-5-9-32;3-2(4,5)1(6)7/h1-3,6-7,10-15,18-21,29-32,35,41H,4-5,8-9,16-17,22-23,40H2;(H,6,7)/t29?,30?,31?,35-;/m1./s1. The number of carboxylic acids is 1. The average Bonchev–Trinajstić information content (AvgIpc) is 3.75. The van der Waals surface area contributed by atoms with Crippen molar-refractivity contribution in [3.8, 4) is 16.9 Å². The molecular formula is C39H40F5N3O6S. The zero-order valence-corrected chi connectivity index (χ0v) is 29.8. The summed E-state index contributed by atoms with van der Waals surface area (Å²) in [6, 6.07) is 21.7. The van der Waals surface area contributed by atoms with Gasteiger partial charge in [0, 0.05) is 23.7 Å². The zero-order valence-electron chi connectivity index (χ0n) is 29.0. The maximum absolute atomic E-state index is 16.6. The van der Waals surface area contributed by atoms with E-state index < -0.39 is 45.6 Å². The van der Waals surface area contributed by atoms with Gasteiger partial charge in [-0.25, -0.2) is 13.2 Å². The molecule has 288 valence electrons. The van der Waals surface area contributed by atoms with Gasteiger partial charge in [-0.3, -0.25) is 4.79 Å². The summed E-state index contributed by atoms with van der Waals surface area (Å²) < 4.78 is 101. The molecule has 0 radical (unpaired) electrons. The lowest BCUT2D eigenvalue weighted by Gasteiger charge is -2.41. The molecule has 3 fully saturated rings. The summed E-state index contributed by atoms with van der Waals surface area (Å²) in [6.45, 7) is 0. The highest BCUT2D eigenvalue weighted by Gasteiger charge is 2.53. The SMILES string of the molecule is NC1CC2CCC(C1)N2C(=O)[C@@H](NS(=O)(=O)c1ccc2cc(OC3CCCC3)ccc2c1)C(F)(F)c1ccc(-c2ccccc2)cc1.O=C(O)C(F)(F)F. The van der Waals surface area contributed by atoms with Crippen LogP contribution in [0.15, 0.2) is 95.9 Å². The van der Waals surface area contributed by atoms with Crippen molar-refractivity contribution in [3.63, 3.8) is 0 Å². The van der Waals surface area contributed by atoms with Gasteiger partial charge in [0.05, 0.1) is 11.0 Å². The van der Waals surface area contributed by atoms with Crippen molar-refractivity contribution in [2.45, 2.75) is 98.6 Å². The molecule has 3 aliphatic rings. The van der Waals surface area contributed by atoms with Crippen molar-refractivity contribution in [1.82, 2.24) is 9.62 Å². The minimum Gasteiger partial charge on any atom is -0.490 e. The predicted octanol–water partition coefficient (Wildman–Crippen LogP) is 7.38. The van der Waals surface area contributed by atoms with E-state index >= 15 is 8.78 Å². The van der Waals surface area contributed by atoms with Crippen molar-refractivity contribution < 1.29 is 49.8 Å². The van der Waals surface area contributed by atoms with Crippen molar-refractivity contribution in [3.05, 3.63) is 96.6 Å². The van der Waals surface area contributed by atoms with Gasteiger partial charge >= 0.3 is 12.1 Å². The lowest BCUT2D eigenvalue weighted by atomic mass is 9.94. The third-order valence-electron chi connectivity index (χ3n) is 10.2. The minimum atomic E-state index is -5.08. The molecule has 7 rings (SSSR count). The number of nitrogens with two attached hydrogens (primary N) is 1. The van der Waals surface area contributed by atoms with Crippen LogP contribution in [0.5, 0.6) is 5.75 Å². The summed E-state index contributed by atoms with van der Waals surface area (Å²) >= 11 is 0. The smallest absolute Gasteiger partial charge is 0.490 e. The van der Waals surface area contributed by atoms with E-state index in [0.717, 1.165) is 42.2 Å². The Morgan fingerprint density at radius 2 is 1.35 bits per heavy atom. The van der Waals surface area contributed by atoms with Gasteiger partial charge < -0.3 is 20.5 Å². The average molecular weight is 774 g/mol. The number of benzene rings is 4. The molecule has 54 heavy (non-hydrogen) atoms. The molecule has 4 aromatic carbocycles. The van der Waals surface area contributed by atoms with Gasteiger partial charge in [-0.05, 0) is 97.5 Å². The highest BCUT2D eigenvalue weighted by Crippen LogP contribution is 2.40. The molecule has 1 saturated carbocycles. The summed E-state index contributed by atoms with van der Waals surface area (Å²) in [4.78, 5) is 24.3. The Morgan fingerprint density at radius 1 is 0.796 bits per heavy atom. The summed E-state index contributed by atoms with van der Waals surface area (Å²) in [5.74, 6) is -6.84. The second kappa shape index (κ2) is 15.6. The van der Waals surface area contributed by atoms with Crippen LogP contribution in [0.2, 0.25) is 0 Å². The fourth-order valence-electron chi connectivity index (χ4n) is 7.55. The van der Waals surface area contributed by atoms with Gasteiger partial charge in [-0.1, -0.05) is 66.7 Å². The van der Waals surface area contributed by atoms with Crippen molar-refractivity contribution in [2.24, 2.45) is 5.73 Å². The number of nitrogens with one attached hydrogen (secondary N) is 1. The number of hydrogen-bond donors (Lipinski definition) is 3. The van der Waals surface area contributed by atoms with Crippen molar-refractivity contribution >= 4 is 32.7 Å². The van der Waals surface area contributed by atoms with E-state index in [2.05, 4.69) is 4.72 Å². The highest BCUT2D eigenvalue weighted by atomic mass is 32.2. The van der Waals surface area contributed by atoms with Crippen LogP contribution in [-0.2, 0) is 25.5 Å². The molecule has 2 saturated heterocycles. The van der Waals surface area contributed by atoms with Gasteiger partial charge in [0.15, 0.2) is 6.04 Å². The first kappa shape index (κ1) is 39.1. The summed E-state index contributed by atoms with van der Waals surface area (Å²) in [5.41, 5.74) is 7.33. The van der Waals surface area contributed by atoms with Crippen LogP contribution in [0.1, 0.15) is 56.9 Å². The number of amides is 1. The number of ether oxygens (including phenoxy) is 1. The fraction of sp³-hybridized carbons (Fsp3) is 0.385. The number of carbonyl (C=O) groups is 2. The number of carboxylic acid groups (broad SMARTS) is 1. The summed E-state index contributed by atoms with van der Waals surface area (Å²) in [6.07, 6.45) is 1.68. The van der Waals surface area contributed by atoms with Crippen LogP contribution in [0.4, 0.5) is 22.0 Å². The highest BCUT2D eigenvalue weighted by molar-refractivity contribution is 7.89. The molecule has 2 heterocycles. The zero-order chi connectivity index (χ0) is 38.8. The molecule has 3 atom stereocenters. The topological polar surface area (TPSA) is 139 Å². The number of alkyl halides is 5. The monoisotopic (exact) mass is 773 g/mol. The largest absolute Gasteiger partial charge is 0.490 e. The second-order valence-corrected chi connectivity index (χ2v) is 15.7. The lowest BCUT2D eigenvalue weighted by Crippen LogP contribution is -2.60. The summed E-state index contributed by atoms with van der Waals surface area (Å²) in [7, 11) is -4.56. The van der Waals surface area contributed by atoms with Gasteiger partial charge in [0.1, 0.15) is 5.75 Å². The van der Waals surface area contributed by atoms with Crippen molar-refractivity contribution in [2.75, 3.05) is 0 Å². The number of nitrogens with zero attached hydrogens (tertiary/aromatic N) is 1. The van der Waals surface area contributed by atoms with E-state index in [0.29, 0.717) is 36.8 Å². The first-order valence-corrected chi connectivity index (χ1v) is 19.2. The molecule has 2 bridgehead atoms. The Kier molecular flexibility index (Phi) is 11.3. The molecule has 1 amide bonds. The number of aliphatic carboxylic acids is 1. The molecule has 2 aliphatic heterocycles. The Balaban J connectivity index is 0.000000649. The van der Waals surface area contributed by atoms with Crippen LogP contribution in [0.25, 0.3) is 21.9 Å². The third kappa shape index (κ3) is 8.68. The maximum atomic E-state index is 16.6. The van der Waals surface area contributed by atoms with Crippen LogP contribution < -0.4 is 15.2 Å². The van der Waals surface area contributed by atoms with E-state index in [1.165, 1.54) is 29.2 Å². The van der Waals surface area contributed by atoms with E-state index in [1.807, 2.05) is 36.4 Å². The number of halogens is 5. The second-order valence-electron chi connectivity index (χ2n) is 14.0. The van der Waals surface area contributed by atoms with Crippen LogP contribution in [0, 0.1) is 0 Å². The maximum Gasteiger partial charge on any atom is 0.490 e. The Labute approximate surface area is 309 Å². The minimum absolute atomic E-state index is 0.126. The molecular weight excluding hydrogens is 734 g/mol. The molecule has 4 aromatic rings. The first-order valence-electron chi connectivity index (χ1n) is 17.7. The third-order valence-corrected chi connectivity index (χ3v) is 11.6. The molecule has 2 unspecified atom stereocenters. The number of hydrogen-bond acceptors (Lipinski definition) is 6. The van der Waals surface area contributed by atoms with Crippen LogP contribution in [0.3, 0.4) is 0 Å². The number of rotatable bonds is 9. The molecule has 15 heteroatoms. The Hall–Kier alpha value is -4.60. The molecule has 0 spiro atoms.